The molecule has 1 aliphatic carbocycles. The van der Waals surface area contributed by atoms with Crippen LogP contribution in [-0.2, 0) is 9.53 Å². The molecule has 0 bridgehead atoms. The lowest BCUT2D eigenvalue weighted by Crippen LogP contribution is -2.58. The average Bonchev–Trinajstić information content (AvgIpc) is 3.28. The van der Waals surface area contributed by atoms with Gasteiger partial charge in [-0.1, -0.05) is 34.5 Å². The molecule has 4 heterocycles. The number of nitrogens with zero attached hydrogens (tertiary/aromatic N) is 7. The maximum Gasteiger partial charge on any atom is 0.311 e. The average molecular weight is 559 g/mol. The van der Waals surface area contributed by atoms with E-state index in [1.807, 2.05) is 26.0 Å². The van der Waals surface area contributed by atoms with Crippen LogP contribution in [0, 0.1) is 17.3 Å². The minimum atomic E-state index is -0.312. The van der Waals surface area contributed by atoms with Crippen LogP contribution in [0.1, 0.15) is 51.1 Å². The highest BCUT2D eigenvalue weighted by molar-refractivity contribution is 6.35. The Morgan fingerprint density at radius 2 is 1.97 bits per heavy atom. The number of fused-ring (bicyclic) bond motifs is 1. The molecule has 1 saturated carbocycles. The van der Waals surface area contributed by atoms with Gasteiger partial charge in [0.2, 0.25) is 5.95 Å². The molecule has 0 unspecified atom stereocenters. The van der Waals surface area contributed by atoms with E-state index in [0.29, 0.717) is 45.0 Å². The highest BCUT2D eigenvalue weighted by Gasteiger charge is 2.50. The normalized spacial score (nSPS) is 27.1. The Morgan fingerprint density at radius 1 is 1.18 bits per heavy atom. The van der Waals surface area contributed by atoms with Crippen molar-refractivity contribution in [1.29, 1.82) is 0 Å². The van der Waals surface area contributed by atoms with E-state index in [9.17, 15) is 4.79 Å². The van der Waals surface area contributed by atoms with Crippen LogP contribution in [0.4, 0.5) is 5.95 Å². The highest BCUT2D eigenvalue weighted by Crippen LogP contribution is 2.46. The smallest absolute Gasteiger partial charge is 0.311 e. The lowest BCUT2D eigenvalue weighted by Gasteiger charge is -2.52. The molecule has 3 fully saturated rings. The second-order valence-electron chi connectivity index (χ2n) is 11.4. The largest absolute Gasteiger partial charge is 0.469 e. The minimum absolute atomic E-state index is 0.0730. The van der Waals surface area contributed by atoms with Gasteiger partial charge in [-0.25, -0.2) is 9.67 Å². The van der Waals surface area contributed by atoms with E-state index in [1.165, 1.54) is 20.0 Å². The van der Waals surface area contributed by atoms with Crippen molar-refractivity contribution in [1.82, 2.24) is 29.9 Å². The predicted octanol–water partition coefficient (Wildman–Crippen LogP) is 4.63. The Labute approximate surface area is 232 Å². The van der Waals surface area contributed by atoms with Crippen LogP contribution in [0.2, 0.25) is 10.0 Å². The predicted molar refractivity (Wildman–Crippen MR) is 147 cm³/mol. The quantitative estimate of drug-likeness (QED) is 0.405. The molecule has 2 saturated heterocycles. The summed E-state index contributed by atoms with van der Waals surface area (Å²) in [6.45, 7) is 8.19. The standard InChI is InChI=1S/C27H33Cl2N7O2/c1-16(21-7-6-19(28)9-22(21)29)36-24-23(32-33-36)12-30-26(31-24)35-14-18(15-35)17-5-4-8-34(13-17)20-10-27(2,11-20)25(37)38-3/h6-7,9,12,16-18,20H,4-5,8,10-11,13-15H2,1-3H3/t16-,17-,20?,27?/m0/s1. The molecule has 1 aromatic carbocycles. The second kappa shape index (κ2) is 9.92. The Hall–Kier alpha value is -2.49. The first-order valence-corrected chi connectivity index (χ1v) is 14.1. The number of carbonyl (C=O) groups is 1. The number of benzene rings is 1. The molecule has 3 aromatic rings. The van der Waals surface area contributed by atoms with Gasteiger partial charge in [0.1, 0.15) is 0 Å². The molecule has 202 valence electrons. The first-order chi connectivity index (χ1) is 18.3. The monoisotopic (exact) mass is 557 g/mol. The number of methoxy groups -OCH3 is 1. The van der Waals surface area contributed by atoms with Crippen LogP contribution < -0.4 is 4.90 Å². The molecule has 38 heavy (non-hydrogen) atoms. The number of carbonyl (C=O) groups excluding carboxylic acids is 1. The summed E-state index contributed by atoms with van der Waals surface area (Å²) in [5.41, 5.74) is 1.95. The second-order valence-corrected chi connectivity index (χ2v) is 12.3. The third kappa shape index (κ3) is 4.52. The van der Waals surface area contributed by atoms with Crippen molar-refractivity contribution in [3.05, 3.63) is 40.0 Å². The summed E-state index contributed by atoms with van der Waals surface area (Å²) in [6, 6.07) is 5.82. The van der Waals surface area contributed by atoms with E-state index in [4.69, 9.17) is 32.9 Å². The van der Waals surface area contributed by atoms with Crippen LogP contribution in [-0.4, -0.2) is 75.2 Å². The van der Waals surface area contributed by atoms with Gasteiger partial charge >= 0.3 is 5.97 Å². The molecule has 2 aliphatic heterocycles. The van der Waals surface area contributed by atoms with Gasteiger partial charge in [0, 0.05) is 35.7 Å². The van der Waals surface area contributed by atoms with Crippen molar-refractivity contribution in [3.63, 3.8) is 0 Å². The van der Waals surface area contributed by atoms with Crippen molar-refractivity contribution >= 4 is 46.3 Å². The molecular weight excluding hydrogens is 525 g/mol. The Balaban J connectivity index is 1.10. The first kappa shape index (κ1) is 25.8. The van der Waals surface area contributed by atoms with E-state index in [2.05, 4.69) is 25.1 Å². The number of likely N-dealkylation sites (tertiary alicyclic amines) is 1. The Bertz CT molecular complexity index is 1350. The summed E-state index contributed by atoms with van der Waals surface area (Å²) >= 11 is 12.5. The summed E-state index contributed by atoms with van der Waals surface area (Å²) < 4.78 is 6.81. The zero-order chi connectivity index (χ0) is 26.6. The number of hydrogen-bond donors (Lipinski definition) is 0. The number of anilines is 1. The lowest BCUT2D eigenvalue weighted by atomic mass is 9.65. The number of rotatable bonds is 6. The molecule has 0 radical (unpaired) electrons. The van der Waals surface area contributed by atoms with Crippen molar-refractivity contribution in [2.75, 3.05) is 38.2 Å². The van der Waals surface area contributed by atoms with Gasteiger partial charge in [-0.3, -0.25) is 4.79 Å². The first-order valence-electron chi connectivity index (χ1n) is 13.4. The summed E-state index contributed by atoms with van der Waals surface area (Å²) in [5, 5.41) is 9.81. The van der Waals surface area contributed by atoms with Gasteiger partial charge < -0.3 is 14.5 Å². The number of hydrogen-bond acceptors (Lipinski definition) is 8. The maximum absolute atomic E-state index is 12.1. The number of ether oxygens (including phenoxy) is 1. The van der Waals surface area contributed by atoms with Crippen LogP contribution in [0.3, 0.4) is 0 Å². The summed E-state index contributed by atoms with van der Waals surface area (Å²) in [7, 11) is 1.49. The summed E-state index contributed by atoms with van der Waals surface area (Å²) in [5.74, 6) is 1.93. The number of halogens is 2. The fourth-order valence-corrected chi connectivity index (χ4v) is 7.07. The maximum atomic E-state index is 12.1. The van der Waals surface area contributed by atoms with Crippen molar-refractivity contribution < 1.29 is 9.53 Å². The molecule has 0 amide bonds. The summed E-state index contributed by atoms with van der Waals surface area (Å²) in [4.78, 5) is 26.4. The Kier molecular flexibility index (Phi) is 6.73. The molecule has 11 heteroatoms. The lowest BCUT2D eigenvalue weighted by molar-refractivity contribution is -0.162. The number of esters is 1. The molecular formula is C27H33Cl2N7O2. The van der Waals surface area contributed by atoms with Crippen LogP contribution in [0.5, 0.6) is 0 Å². The molecule has 9 nitrogen and oxygen atoms in total. The van der Waals surface area contributed by atoms with Crippen molar-refractivity contribution in [2.45, 2.75) is 51.6 Å². The molecule has 6 rings (SSSR count). The van der Waals surface area contributed by atoms with Gasteiger partial charge in [0.05, 0.1) is 24.8 Å². The van der Waals surface area contributed by atoms with Crippen molar-refractivity contribution in [2.24, 2.45) is 17.3 Å². The third-order valence-electron chi connectivity index (χ3n) is 8.90. The van der Waals surface area contributed by atoms with Crippen LogP contribution in [0.25, 0.3) is 11.2 Å². The van der Waals surface area contributed by atoms with E-state index in [1.54, 1.807) is 16.9 Å². The Morgan fingerprint density at radius 3 is 2.71 bits per heavy atom. The van der Waals surface area contributed by atoms with Gasteiger partial charge in [-0.05, 0) is 75.6 Å². The minimum Gasteiger partial charge on any atom is -0.469 e. The van der Waals surface area contributed by atoms with Gasteiger partial charge in [-0.2, -0.15) is 4.98 Å². The number of piperidine rings is 1. The zero-order valence-electron chi connectivity index (χ0n) is 22.0. The van der Waals surface area contributed by atoms with E-state index in [0.717, 1.165) is 44.6 Å². The fraction of sp³-hybridized carbons (Fsp3) is 0.593. The van der Waals surface area contributed by atoms with Gasteiger partial charge in [-0.15, -0.1) is 5.10 Å². The third-order valence-corrected chi connectivity index (χ3v) is 9.46. The van der Waals surface area contributed by atoms with Gasteiger partial charge in [0.25, 0.3) is 0 Å². The molecule has 3 aliphatic rings. The van der Waals surface area contributed by atoms with E-state index < -0.39 is 0 Å². The summed E-state index contributed by atoms with van der Waals surface area (Å²) in [6.07, 6.45) is 6.02. The SMILES string of the molecule is COC(=O)C1(C)CC(N2CCC[C@H](C3CN(c4ncc5nnn([C@@H](C)c6ccc(Cl)cc6Cl)c5n4)C3)C2)C1. The van der Waals surface area contributed by atoms with Crippen LogP contribution in [0.15, 0.2) is 24.4 Å². The topological polar surface area (TPSA) is 89.3 Å². The van der Waals surface area contributed by atoms with E-state index >= 15 is 0 Å². The highest BCUT2D eigenvalue weighted by atomic mass is 35.5. The fourth-order valence-electron chi connectivity index (χ4n) is 6.50. The van der Waals surface area contributed by atoms with Crippen molar-refractivity contribution in [3.8, 4) is 0 Å². The molecule has 0 spiro atoms. The zero-order valence-corrected chi connectivity index (χ0v) is 23.5. The van der Waals surface area contributed by atoms with E-state index in [-0.39, 0.29) is 17.4 Å². The van der Waals surface area contributed by atoms with Crippen LogP contribution >= 0.6 is 23.2 Å². The molecule has 2 aromatic heterocycles. The molecule has 2 atom stereocenters. The van der Waals surface area contributed by atoms with Gasteiger partial charge in [0.15, 0.2) is 11.2 Å². The molecule has 0 N–H and O–H groups in total. The number of aromatic nitrogens is 5.